The maximum atomic E-state index is 14.0. The number of nitriles is 2. The van der Waals surface area contributed by atoms with Crippen molar-refractivity contribution in [1.29, 1.82) is 10.5 Å². The summed E-state index contributed by atoms with van der Waals surface area (Å²) >= 11 is 0. The third kappa shape index (κ3) is 5.10. The molecule has 184 valence electrons. The van der Waals surface area contributed by atoms with Gasteiger partial charge in [-0.25, -0.2) is 13.4 Å². The van der Waals surface area contributed by atoms with Gasteiger partial charge in [-0.1, -0.05) is 30.3 Å². The first-order valence-electron chi connectivity index (χ1n) is 11.8. The molecular weight excluding hydrogens is 484 g/mol. The average molecular weight is 509 g/mol. The lowest BCUT2D eigenvalue weighted by atomic mass is 10.0. The van der Waals surface area contributed by atoms with Crippen LogP contribution in [0.2, 0.25) is 0 Å². The normalized spacial score (nSPS) is 15.8. The second-order valence-corrected chi connectivity index (χ2v) is 10.8. The topological polar surface area (TPSA) is 117 Å². The molecule has 1 aliphatic rings. The van der Waals surface area contributed by atoms with Gasteiger partial charge in [0.15, 0.2) is 0 Å². The zero-order valence-electron chi connectivity index (χ0n) is 19.9. The molecule has 0 amide bonds. The third-order valence-corrected chi connectivity index (χ3v) is 8.44. The van der Waals surface area contributed by atoms with Crippen LogP contribution in [-0.2, 0) is 29.5 Å². The molecule has 0 aliphatic carbocycles. The minimum atomic E-state index is -3.87. The van der Waals surface area contributed by atoms with E-state index < -0.39 is 16.1 Å². The van der Waals surface area contributed by atoms with E-state index in [9.17, 15) is 18.9 Å². The number of imidazole rings is 1. The number of hydrogen-bond acceptors (Lipinski definition) is 6. The average Bonchev–Trinajstić information content (AvgIpc) is 3.39. The minimum Gasteiger partial charge on any atom is -0.364 e. The molecule has 0 saturated carbocycles. The molecule has 9 heteroatoms. The molecule has 2 heterocycles. The van der Waals surface area contributed by atoms with Gasteiger partial charge in [-0.2, -0.15) is 14.8 Å². The van der Waals surface area contributed by atoms with E-state index in [0.29, 0.717) is 30.6 Å². The molecule has 1 N–H and O–H groups in total. The first-order valence-corrected chi connectivity index (χ1v) is 13.2. The van der Waals surface area contributed by atoms with Crippen LogP contribution in [0.1, 0.15) is 27.9 Å². The van der Waals surface area contributed by atoms with Crippen LogP contribution in [0, 0.1) is 22.7 Å². The van der Waals surface area contributed by atoms with Gasteiger partial charge in [0.25, 0.3) is 0 Å². The van der Waals surface area contributed by atoms with Gasteiger partial charge in [0.2, 0.25) is 10.0 Å². The first-order chi connectivity index (χ1) is 18.0. The van der Waals surface area contributed by atoms with E-state index in [-0.39, 0.29) is 11.4 Å². The summed E-state index contributed by atoms with van der Waals surface area (Å²) in [5.41, 5.74) is 4.41. The molecule has 0 bridgehead atoms. The zero-order valence-corrected chi connectivity index (χ0v) is 20.8. The van der Waals surface area contributed by atoms with E-state index in [1.807, 2.05) is 24.4 Å². The Balaban J connectivity index is 1.62. The Morgan fingerprint density at radius 2 is 1.70 bits per heavy atom. The van der Waals surface area contributed by atoms with Crippen molar-refractivity contribution in [1.82, 2.24) is 14.3 Å². The van der Waals surface area contributed by atoms with E-state index in [0.717, 1.165) is 22.5 Å². The fourth-order valence-corrected chi connectivity index (χ4v) is 6.33. The van der Waals surface area contributed by atoms with E-state index in [1.165, 1.54) is 0 Å². The number of sulfonamides is 1. The number of nitrogens with zero attached hydrogens (tertiary/aromatic N) is 5. The molecule has 37 heavy (non-hydrogen) atoms. The summed E-state index contributed by atoms with van der Waals surface area (Å²) in [7, 11) is -3.87. The monoisotopic (exact) mass is 508 g/mol. The molecule has 0 unspecified atom stereocenters. The molecule has 0 radical (unpaired) electrons. The summed E-state index contributed by atoms with van der Waals surface area (Å²) in [6, 6.07) is 25.0. The van der Waals surface area contributed by atoms with Crippen LogP contribution >= 0.6 is 0 Å². The molecule has 5 rings (SSSR count). The second kappa shape index (κ2) is 10.3. The Morgan fingerprint density at radius 3 is 2.38 bits per heavy atom. The summed E-state index contributed by atoms with van der Waals surface area (Å²) in [4.78, 5) is 9.71. The van der Waals surface area contributed by atoms with Crippen LogP contribution in [0.15, 0.2) is 90.2 Å². The molecule has 0 fully saturated rings. The van der Waals surface area contributed by atoms with Crippen LogP contribution in [0.25, 0.3) is 0 Å². The largest absolute Gasteiger partial charge is 0.364 e. The number of H-pyrrole nitrogens is 1. The number of aromatic amines is 1. The van der Waals surface area contributed by atoms with Gasteiger partial charge < -0.3 is 9.88 Å². The van der Waals surface area contributed by atoms with Gasteiger partial charge in [0, 0.05) is 31.0 Å². The van der Waals surface area contributed by atoms with Crippen molar-refractivity contribution in [2.75, 3.05) is 11.4 Å². The summed E-state index contributed by atoms with van der Waals surface area (Å²) in [6.07, 6.45) is 3.89. The summed E-state index contributed by atoms with van der Waals surface area (Å²) in [5.74, 6) is 0. The van der Waals surface area contributed by atoms with Crippen LogP contribution in [-0.4, -0.2) is 35.3 Å². The Morgan fingerprint density at radius 1 is 0.973 bits per heavy atom. The third-order valence-electron chi connectivity index (χ3n) is 6.53. The number of aromatic nitrogens is 2. The molecule has 1 atom stereocenters. The molecular formula is C28H24N6O2S. The molecule has 4 aromatic rings. The Hall–Kier alpha value is -4.44. The van der Waals surface area contributed by atoms with E-state index in [2.05, 4.69) is 27.0 Å². The first kappa shape index (κ1) is 24.3. The highest BCUT2D eigenvalue weighted by atomic mass is 32.2. The van der Waals surface area contributed by atoms with Crippen LogP contribution in [0.3, 0.4) is 0 Å². The molecule has 8 nitrogen and oxygen atoms in total. The van der Waals surface area contributed by atoms with Crippen molar-refractivity contribution < 1.29 is 8.42 Å². The Bertz CT molecular complexity index is 1570. The minimum absolute atomic E-state index is 0.125. The number of rotatable bonds is 6. The van der Waals surface area contributed by atoms with Crippen LogP contribution in [0.5, 0.6) is 0 Å². The van der Waals surface area contributed by atoms with Gasteiger partial charge in [0.05, 0.1) is 46.7 Å². The predicted octanol–water partition coefficient (Wildman–Crippen LogP) is 3.98. The maximum Gasteiger partial charge on any atom is 0.243 e. The van der Waals surface area contributed by atoms with E-state index in [4.69, 9.17) is 0 Å². The predicted molar refractivity (Wildman–Crippen MR) is 139 cm³/mol. The highest BCUT2D eigenvalue weighted by Gasteiger charge is 2.36. The zero-order chi connectivity index (χ0) is 25.8. The van der Waals surface area contributed by atoms with E-state index >= 15 is 0 Å². The molecule has 3 aromatic carbocycles. The van der Waals surface area contributed by atoms with E-state index in [1.54, 1.807) is 65.2 Å². The number of fused-ring (bicyclic) bond motifs is 1. The number of nitrogens with one attached hydrogen (secondary N) is 1. The SMILES string of the molecule is N#Cc1ccc(C[C@@H]2CN(Cc3c[nH]cn3)c3ccc(C#N)cc3CN2S(=O)(=O)c2ccccc2)cc1. The van der Waals surface area contributed by atoms with Gasteiger partial charge in [-0.3, -0.25) is 0 Å². The number of anilines is 1. The van der Waals surface area contributed by atoms with Crippen molar-refractivity contribution >= 4 is 15.7 Å². The molecule has 1 aliphatic heterocycles. The fourth-order valence-electron chi connectivity index (χ4n) is 4.72. The molecule has 0 spiro atoms. The molecule has 0 saturated heterocycles. The number of hydrogen-bond donors (Lipinski definition) is 1. The fraction of sp³-hybridized carbons (Fsp3) is 0.179. The Kier molecular flexibility index (Phi) is 6.74. The highest BCUT2D eigenvalue weighted by molar-refractivity contribution is 7.89. The van der Waals surface area contributed by atoms with Crippen molar-refractivity contribution in [3.05, 3.63) is 113 Å². The summed E-state index contributed by atoms with van der Waals surface area (Å²) in [6.45, 7) is 1.02. The van der Waals surface area contributed by atoms with Crippen LogP contribution in [0.4, 0.5) is 5.69 Å². The van der Waals surface area contributed by atoms with Crippen LogP contribution < -0.4 is 4.90 Å². The van der Waals surface area contributed by atoms with Crippen molar-refractivity contribution in [3.63, 3.8) is 0 Å². The van der Waals surface area contributed by atoms with Crippen molar-refractivity contribution in [2.45, 2.75) is 30.4 Å². The Labute approximate surface area is 216 Å². The van der Waals surface area contributed by atoms with Gasteiger partial charge in [0.1, 0.15) is 0 Å². The molecule has 1 aromatic heterocycles. The standard InChI is InChI=1S/C28H24N6O2S/c29-14-22-8-6-21(7-9-22)13-26-19-33(18-25-16-31-20-32-25)28-11-10-23(15-30)12-24(28)17-34(26)37(35,36)27-4-2-1-3-5-27/h1-12,16,20,26H,13,17-19H2,(H,31,32)/t26-/m1/s1. The lowest BCUT2D eigenvalue weighted by Gasteiger charge is -2.32. The quantitative estimate of drug-likeness (QED) is 0.421. The van der Waals surface area contributed by atoms with Gasteiger partial charge in [-0.05, 0) is 60.0 Å². The maximum absolute atomic E-state index is 14.0. The summed E-state index contributed by atoms with van der Waals surface area (Å²) in [5, 5.41) is 18.7. The van der Waals surface area contributed by atoms with Crippen molar-refractivity contribution in [3.8, 4) is 12.1 Å². The van der Waals surface area contributed by atoms with Crippen molar-refractivity contribution in [2.24, 2.45) is 0 Å². The lowest BCUT2D eigenvalue weighted by molar-refractivity contribution is 0.318. The van der Waals surface area contributed by atoms with Gasteiger partial charge in [-0.15, -0.1) is 0 Å². The lowest BCUT2D eigenvalue weighted by Crippen LogP contribution is -2.45. The summed E-state index contributed by atoms with van der Waals surface area (Å²) < 4.78 is 29.6. The van der Waals surface area contributed by atoms with Gasteiger partial charge >= 0.3 is 0 Å². The smallest absolute Gasteiger partial charge is 0.243 e. The second-order valence-electron chi connectivity index (χ2n) is 8.93. The number of benzene rings is 3. The highest BCUT2D eigenvalue weighted by Crippen LogP contribution is 2.33.